The maximum Gasteiger partial charge on any atom is 0.0799 e. The van der Waals surface area contributed by atoms with Crippen molar-refractivity contribution >= 4 is 15.9 Å². The fraction of sp³-hybridized carbons (Fsp3) is 0.455. The number of halogens is 1. The van der Waals surface area contributed by atoms with Crippen molar-refractivity contribution in [3.63, 3.8) is 0 Å². The predicted molar refractivity (Wildman–Crippen MR) is 58.2 cm³/mol. The van der Waals surface area contributed by atoms with Gasteiger partial charge >= 0.3 is 0 Å². The first-order valence-corrected chi connectivity index (χ1v) is 5.60. The molecule has 1 aliphatic rings. The Morgan fingerprint density at radius 1 is 1.36 bits per heavy atom. The second kappa shape index (κ2) is 4.01. The van der Waals surface area contributed by atoms with Gasteiger partial charge in [-0.3, -0.25) is 0 Å². The van der Waals surface area contributed by atoms with E-state index < -0.39 is 0 Å². The quantitative estimate of drug-likeness (QED) is 0.853. The van der Waals surface area contributed by atoms with Crippen LogP contribution in [0.15, 0.2) is 22.7 Å². The van der Waals surface area contributed by atoms with Gasteiger partial charge in [0, 0.05) is 11.1 Å². The van der Waals surface area contributed by atoms with Crippen LogP contribution in [0.3, 0.4) is 0 Å². The molecule has 0 aliphatic heterocycles. The summed E-state index contributed by atoms with van der Waals surface area (Å²) in [6, 6.07) is 5.99. The van der Waals surface area contributed by atoms with Crippen molar-refractivity contribution in [2.45, 2.75) is 24.9 Å². The summed E-state index contributed by atoms with van der Waals surface area (Å²) >= 11 is 3.39. The third kappa shape index (κ3) is 1.72. The average molecular weight is 257 g/mol. The number of hydrogen-bond acceptors (Lipinski definition) is 2. The summed E-state index contributed by atoms with van der Waals surface area (Å²) in [7, 11) is 0. The van der Waals surface area contributed by atoms with Crippen LogP contribution >= 0.6 is 15.9 Å². The van der Waals surface area contributed by atoms with Crippen molar-refractivity contribution in [3.05, 3.63) is 33.8 Å². The molecule has 2 atom stereocenters. The molecule has 0 radical (unpaired) electrons. The monoisotopic (exact) mass is 256 g/mol. The van der Waals surface area contributed by atoms with E-state index in [1.165, 1.54) is 5.56 Å². The molecule has 0 heterocycles. The van der Waals surface area contributed by atoms with E-state index in [1.54, 1.807) is 0 Å². The van der Waals surface area contributed by atoms with Crippen LogP contribution in [0.5, 0.6) is 0 Å². The lowest BCUT2D eigenvalue weighted by Gasteiger charge is -2.08. The molecule has 0 saturated heterocycles. The van der Waals surface area contributed by atoms with Crippen molar-refractivity contribution in [1.29, 1.82) is 0 Å². The van der Waals surface area contributed by atoms with Crippen molar-refractivity contribution in [2.24, 2.45) is 0 Å². The molecule has 2 N–H and O–H groups in total. The maximum absolute atomic E-state index is 9.80. The molecule has 0 aromatic heterocycles. The first-order valence-electron chi connectivity index (χ1n) is 4.80. The van der Waals surface area contributed by atoms with Crippen LogP contribution < -0.4 is 0 Å². The van der Waals surface area contributed by atoms with Gasteiger partial charge in [0.25, 0.3) is 0 Å². The number of aliphatic hydroxyl groups excluding tert-OH is 2. The normalized spacial score (nSPS) is 25.1. The SMILES string of the molecule is OCC[C@@H]1C[C@@H](O)c2cc(Br)ccc21. The lowest BCUT2D eigenvalue weighted by atomic mass is 9.98. The van der Waals surface area contributed by atoms with Gasteiger partial charge in [0.1, 0.15) is 0 Å². The molecule has 2 rings (SSSR count). The fourth-order valence-electron chi connectivity index (χ4n) is 2.16. The van der Waals surface area contributed by atoms with Gasteiger partial charge in [0.15, 0.2) is 0 Å². The second-order valence-electron chi connectivity index (χ2n) is 3.73. The molecule has 0 fully saturated rings. The highest BCUT2D eigenvalue weighted by molar-refractivity contribution is 9.10. The van der Waals surface area contributed by atoms with E-state index in [2.05, 4.69) is 15.9 Å². The van der Waals surface area contributed by atoms with E-state index in [0.29, 0.717) is 5.92 Å². The molecule has 3 heteroatoms. The predicted octanol–water partition coefficient (Wildman–Crippen LogP) is 2.35. The van der Waals surface area contributed by atoms with E-state index in [-0.39, 0.29) is 12.7 Å². The second-order valence-corrected chi connectivity index (χ2v) is 4.65. The minimum atomic E-state index is -0.362. The lowest BCUT2D eigenvalue weighted by Crippen LogP contribution is -1.96. The first kappa shape index (κ1) is 10.1. The van der Waals surface area contributed by atoms with Gasteiger partial charge in [0.2, 0.25) is 0 Å². The smallest absolute Gasteiger partial charge is 0.0799 e. The van der Waals surface area contributed by atoms with Crippen LogP contribution in [0, 0.1) is 0 Å². The standard InChI is InChI=1S/C11H13BrO2/c12-8-1-2-9-7(3-4-13)5-11(14)10(9)6-8/h1-2,6-7,11,13-14H,3-5H2/t7-,11-/m1/s1. The van der Waals surface area contributed by atoms with Gasteiger partial charge in [-0.15, -0.1) is 0 Å². The van der Waals surface area contributed by atoms with Gasteiger partial charge in [0.05, 0.1) is 6.10 Å². The highest BCUT2D eigenvalue weighted by atomic mass is 79.9. The molecular weight excluding hydrogens is 244 g/mol. The summed E-state index contributed by atoms with van der Waals surface area (Å²) in [5, 5.41) is 18.7. The zero-order chi connectivity index (χ0) is 10.1. The lowest BCUT2D eigenvalue weighted by molar-refractivity contribution is 0.167. The van der Waals surface area contributed by atoms with Crippen molar-refractivity contribution in [3.8, 4) is 0 Å². The largest absolute Gasteiger partial charge is 0.396 e. The van der Waals surface area contributed by atoms with Crippen molar-refractivity contribution in [2.75, 3.05) is 6.61 Å². The van der Waals surface area contributed by atoms with E-state index in [0.717, 1.165) is 22.9 Å². The molecular formula is C11H13BrO2. The molecule has 1 aromatic carbocycles. The highest BCUT2D eigenvalue weighted by Crippen LogP contribution is 2.42. The average Bonchev–Trinajstić information content (AvgIpc) is 2.44. The molecule has 0 spiro atoms. The first-order chi connectivity index (χ1) is 6.72. The van der Waals surface area contributed by atoms with Crippen LogP contribution in [0.4, 0.5) is 0 Å². The summed E-state index contributed by atoms with van der Waals surface area (Å²) < 4.78 is 1.000. The summed E-state index contributed by atoms with van der Waals surface area (Å²) in [6.07, 6.45) is 1.12. The molecule has 0 amide bonds. The minimum absolute atomic E-state index is 0.187. The molecule has 1 aromatic rings. The molecule has 2 nitrogen and oxygen atoms in total. The fourth-order valence-corrected chi connectivity index (χ4v) is 2.54. The van der Waals surface area contributed by atoms with Crippen molar-refractivity contribution in [1.82, 2.24) is 0 Å². The Bertz CT molecular complexity index is 338. The summed E-state index contributed by atoms with van der Waals surface area (Å²) in [5.41, 5.74) is 2.20. The molecule has 14 heavy (non-hydrogen) atoms. The number of hydrogen-bond donors (Lipinski definition) is 2. The molecule has 0 saturated carbocycles. The van der Waals surface area contributed by atoms with Gasteiger partial charge in [-0.1, -0.05) is 22.0 Å². The molecule has 0 unspecified atom stereocenters. The van der Waals surface area contributed by atoms with E-state index in [1.807, 2.05) is 18.2 Å². The van der Waals surface area contributed by atoms with Crippen LogP contribution in [-0.4, -0.2) is 16.8 Å². The van der Waals surface area contributed by atoms with E-state index in [9.17, 15) is 5.11 Å². The Morgan fingerprint density at radius 2 is 2.14 bits per heavy atom. The topological polar surface area (TPSA) is 40.5 Å². The Morgan fingerprint density at radius 3 is 2.86 bits per heavy atom. The third-order valence-electron chi connectivity index (χ3n) is 2.83. The third-order valence-corrected chi connectivity index (χ3v) is 3.33. The summed E-state index contributed by atoms with van der Waals surface area (Å²) in [6.45, 7) is 0.187. The van der Waals surface area contributed by atoms with Crippen LogP contribution in [0.1, 0.15) is 36.0 Å². The number of aliphatic hydroxyl groups is 2. The number of rotatable bonds is 2. The van der Waals surface area contributed by atoms with Gasteiger partial charge in [-0.25, -0.2) is 0 Å². The number of benzene rings is 1. The van der Waals surface area contributed by atoms with E-state index in [4.69, 9.17) is 5.11 Å². The Kier molecular flexibility index (Phi) is 2.91. The zero-order valence-electron chi connectivity index (χ0n) is 7.78. The zero-order valence-corrected chi connectivity index (χ0v) is 9.37. The van der Waals surface area contributed by atoms with Crippen LogP contribution in [0.2, 0.25) is 0 Å². The van der Waals surface area contributed by atoms with Gasteiger partial charge < -0.3 is 10.2 Å². The van der Waals surface area contributed by atoms with Crippen molar-refractivity contribution < 1.29 is 10.2 Å². The Hall–Kier alpha value is -0.380. The molecule has 0 bridgehead atoms. The summed E-state index contributed by atoms with van der Waals surface area (Å²) in [4.78, 5) is 0. The van der Waals surface area contributed by atoms with Gasteiger partial charge in [-0.05, 0) is 42.0 Å². The Labute approximate surface area is 91.7 Å². The molecule has 1 aliphatic carbocycles. The van der Waals surface area contributed by atoms with Gasteiger partial charge in [-0.2, -0.15) is 0 Å². The van der Waals surface area contributed by atoms with Crippen LogP contribution in [0.25, 0.3) is 0 Å². The maximum atomic E-state index is 9.80. The van der Waals surface area contributed by atoms with E-state index >= 15 is 0 Å². The highest BCUT2D eigenvalue weighted by Gasteiger charge is 2.28. The minimum Gasteiger partial charge on any atom is -0.396 e. The van der Waals surface area contributed by atoms with Crippen LogP contribution in [-0.2, 0) is 0 Å². The molecule has 76 valence electrons. The number of fused-ring (bicyclic) bond motifs is 1. The Balaban J connectivity index is 2.34. The summed E-state index contributed by atoms with van der Waals surface area (Å²) in [5.74, 6) is 0.318.